The summed E-state index contributed by atoms with van der Waals surface area (Å²) in [4.78, 5) is 23.8. The van der Waals surface area contributed by atoms with Gasteiger partial charge in [-0.15, -0.1) is 0 Å². The van der Waals surface area contributed by atoms with Crippen LogP contribution < -0.4 is 10.6 Å². The van der Waals surface area contributed by atoms with Crippen LogP contribution in [0.3, 0.4) is 0 Å². The van der Waals surface area contributed by atoms with Crippen LogP contribution >= 0.6 is 0 Å². The molecule has 0 aromatic heterocycles. The van der Waals surface area contributed by atoms with Crippen LogP contribution in [0.25, 0.3) is 0 Å². The van der Waals surface area contributed by atoms with Gasteiger partial charge >= 0.3 is 5.97 Å². The van der Waals surface area contributed by atoms with E-state index in [4.69, 9.17) is 0 Å². The number of aromatic carboxylic acids is 1. The first kappa shape index (κ1) is 15.5. The molecule has 1 unspecified atom stereocenters. The highest BCUT2D eigenvalue weighted by atomic mass is 16.4. The number of carboxylic acids is 1. The predicted molar refractivity (Wildman–Crippen MR) is 81.7 cm³/mol. The Morgan fingerprint density at radius 2 is 2.10 bits per heavy atom. The molecule has 1 aromatic rings. The summed E-state index contributed by atoms with van der Waals surface area (Å²) in [5, 5.41) is 15.4. The van der Waals surface area contributed by atoms with Crippen molar-refractivity contribution in [2.75, 3.05) is 18.4 Å². The SMILES string of the molecule is CCC1(C(=O)Nc2cc(C)c(C)c(C(=O)O)c2)CCNC1. The Labute approximate surface area is 124 Å². The maximum absolute atomic E-state index is 12.5. The Bertz CT molecular complexity index is 575. The minimum atomic E-state index is -0.973. The lowest BCUT2D eigenvalue weighted by Crippen LogP contribution is -2.37. The average molecular weight is 290 g/mol. The lowest BCUT2D eigenvalue weighted by Gasteiger charge is -2.25. The summed E-state index contributed by atoms with van der Waals surface area (Å²) in [5.41, 5.74) is 2.00. The lowest BCUT2D eigenvalue weighted by molar-refractivity contribution is -0.124. The van der Waals surface area contributed by atoms with Gasteiger partial charge in [0.1, 0.15) is 0 Å². The summed E-state index contributed by atoms with van der Waals surface area (Å²) in [6.45, 7) is 7.15. The van der Waals surface area contributed by atoms with E-state index in [-0.39, 0.29) is 16.9 Å². The van der Waals surface area contributed by atoms with Gasteiger partial charge in [-0.2, -0.15) is 0 Å². The summed E-state index contributed by atoms with van der Waals surface area (Å²) in [6.07, 6.45) is 1.58. The van der Waals surface area contributed by atoms with Gasteiger partial charge in [-0.1, -0.05) is 6.92 Å². The van der Waals surface area contributed by atoms with Crippen molar-refractivity contribution in [3.8, 4) is 0 Å². The monoisotopic (exact) mass is 290 g/mol. The van der Waals surface area contributed by atoms with Gasteiger partial charge in [0.15, 0.2) is 0 Å². The minimum Gasteiger partial charge on any atom is -0.478 e. The van der Waals surface area contributed by atoms with Crippen LogP contribution in [0.2, 0.25) is 0 Å². The third-order valence-electron chi connectivity index (χ3n) is 4.56. The van der Waals surface area contributed by atoms with Crippen molar-refractivity contribution in [3.05, 3.63) is 28.8 Å². The van der Waals surface area contributed by atoms with Crippen LogP contribution in [0.5, 0.6) is 0 Å². The molecule has 0 bridgehead atoms. The summed E-state index contributed by atoms with van der Waals surface area (Å²) in [6, 6.07) is 3.36. The van der Waals surface area contributed by atoms with Crippen molar-refractivity contribution >= 4 is 17.6 Å². The highest BCUT2D eigenvalue weighted by Gasteiger charge is 2.39. The summed E-state index contributed by atoms with van der Waals surface area (Å²) >= 11 is 0. The van der Waals surface area contributed by atoms with Crippen molar-refractivity contribution in [2.45, 2.75) is 33.6 Å². The second-order valence-corrected chi connectivity index (χ2v) is 5.79. The third kappa shape index (κ3) is 2.93. The zero-order valence-electron chi connectivity index (χ0n) is 12.7. The molecule has 1 aliphatic rings. The number of hydrogen-bond donors (Lipinski definition) is 3. The van der Waals surface area contributed by atoms with Gasteiger partial charge in [-0.3, -0.25) is 4.79 Å². The summed E-state index contributed by atoms with van der Waals surface area (Å²) < 4.78 is 0. The molecule has 21 heavy (non-hydrogen) atoms. The van der Waals surface area contributed by atoms with Gasteiger partial charge in [-0.25, -0.2) is 4.79 Å². The average Bonchev–Trinajstić information content (AvgIpc) is 2.92. The number of carboxylic acid groups (broad SMARTS) is 1. The quantitative estimate of drug-likeness (QED) is 0.795. The maximum atomic E-state index is 12.5. The van der Waals surface area contributed by atoms with Crippen molar-refractivity contribution in [3.63, 3.8) is 0 Å². The molecular weight excluding hydrogens is 268 g/mol. The minimum absolute atomic E-state index is 0.0328. The largest absolute Gasteiger partial charge is 0.478 e. The Hall–Kier alpha value is -1.88. The number of hydrogen-bond acceptors (Lipinski definition) is 3. The van der Waals surface area contributed by atoms with E-state index in [0.717, 1.165) is 30.5 Å². The van der Waals surface area contributed by atoms with E-state index < -0.39 is 5.97 Å². The standard InChI is InChI=1S/C16H22N2O3/c1-4-16(5-6-17-9-16)15(21)18-12-7-10(2)11(3)13(8-12)14(19)20/h7-8,17H,4-6,9H2,1-3H3,(H,18,21)(H,19,20). The summed E-state index contributed by atoms with van der Waals surface area (Å²) in [7, 11) is 0. The zero-order chi connectivity index (χ0) is 15.6. The van der Waals surface area contributed by atoms with E-state index in [2.05, 4.69) is 10.6 Å². The first-order chi connectivity index (χ1) is 9.89. The molecule has 1 fully saturated rings. The fourth-order valence-corrected chi connectivity index (χ4v) is 2.82. The van der Waals surface area contributed by atoms with Gasteiger partial charge in [0.05, 0.1) is 11.0 Å². The molecule has 1 aromatic carbocycles. The van der Waals surface area contributed by atoms with Crippen LogP contribution in [0.4, 0.5) is 5.69 Å². The lowest BCUT2D eigenvalue weighted by atomic mass is 9.83. The van der Waals surface area contributed by atoms with Gasteiger partial charge in [0, 0.05) is 12.2 Å². The molecule has 1 saturated heterocycles. The number of anilines is 1. The molecule has 1 aliphatic heterocycles. The third-order valence-corrected chi connectivity index (χ3v) is 4.56. The number of benzene rings is 1. The smallest absolute Gasteiger partial charge is 0.336 e. The van der Waals surface area contributed by atoms with Crippen LogP contribution in [0, 0.1) is 19.3 Å². The number of carbonyl (C=O) groups is 2. The van der Waals surface area contributed by atoms with E-state index in [1.807, 2.05) is 19.9 Å². The molecule has 1 amide bonds. The maximum Gasteiger partial charge on any atom is 0.336 e. The number of carbonyl (C=O) groups excluding carboxylic acids is 1. The van der Waals surface area contributed by atoms with Crippen molar-refractivity contribution in [1.29, 1.82) is 0 Å². The highest BCUT2D eigenvalue weighted by Crippen LogP contribution is 2.31. The van der Waals surface area contributed by atoms with Crippen LogP contribution in [-0.4, -0.2) is 30.1 Å². The van der Waals surface area contributed by atoms with Crippen LogP contribution in [0.15, 0.2) is 12.1 Å². The van der Waals surface area contributed by atoms with E-state index >= 15 is 0 Å². The Kier molecular flexibility index (Phi) is 4.32. The number of amides is 1. The molecule has 0 radical (unpaired) electrons. The molecule has 0 saturated carbocycles. The molecule has 114 valence electrons. The molecule has 0 spiro atoms. The molecule has 1 atom stereocenters. The Morgan fingerprint density at radius 1 is 1.38 bits per heavy atom. The summed E-state index contributed by atoms with van der Waals surface area (Å²) in [5.74, 6) is -1.01. The fraction of sp³-hybridized carbons (Fsp3) is 0.500. The van der Waals surface area contributed by atoms with E-state index in [1.165, 1.54) is 6.07 Å². The van der Waals surface area contributed by atoms with Gasteiger partial charge in [0.2, 0.25) is 5.91 Å². The highest BCUT2D eigenvalue weighted by molar-refractivity contribution is 5.98. The van der Waals surface area contributed by atoms with E-state index in [0.29, 0.717) is 12.2 Å². The van der Waals surface area contributed by atoms with Gasteiger partial charge in [-0.05, 0) is 56.5 Å². The number of rotatable bonds is 4. The van der Waals surface area contributed by atoms with Gasteiger partial charge < -0.3 is 15.7 Å². The molecule has 5 heteroatoms. The first-order valence-electron chi connectivity index (χ1n) is 7.26. The normalized spacial score (nSPS) is 21.3. The predicted octanol–water partition coefficient (Wildman–Crippen LogP) is 2.33. The molecule has 3 N–H and O–H groups in total. The first-order valence-corrected chi connectivity index (χ1v) is 7.26. The molecule has 0 aliphatic carbocycles. The molecular formula is C16H22N2O3. The fourth-order valence-electron chi connectivity index (χ4n) is 2.82. The molecule has 1 heterocycles. The topological polar surface area (TPSA) is 78.4 Å². The van der Waals surface area contributed by atoms with E-state index in [9.17, 15) is 14.7 Å². The van der Waals surface area contributed by atoms with Crippen molar-refractivity contribution < 1.29 is 14.7 Å². The zero-order valence-corrected chi connectivity index (χ0v) is 12.7. The Morgan fingerprint density at radius 3 is 2.62 bits per heavy atom. The number of nitrogens with one attached hydrogen (secondary N) is 2. The molecule has 5 nitrogen and oxygen atoms in total. The second-order valence-electron chi connectivity index (χ2n) is 5.79. The number of aryl methyl sites for hydroxylation is 1. The van der Waals surface area contributed by atoms with Crippen molar-refractivity contribution in [1.82, 2.24) is 5.32 Å². The Balaban J connectivity index is 2.27. The van der Waals surface area contributed by atoms with E-state index in [1.54, 1.807) is 6.92 Å². The van der Waals surface area contributed by atoms with Crippen LogP contribution in [0.1, 0.15) is 41.3 Å². The molecule has 2 rings (SSSR count). The second kappa shape index (κ2) is 5.85. The van der Waals surface area contributed by atoms with Gasteiger partial charge in [0.25, 0.3) is 0 Å². The van der Waals surface area contributed by atoms with Crippen molar-refractivity contribution in [2.24, 2.45) is 5.41 Å². The van der Waals surface area contributed by atoms with Crippen LogP contribution in [-0.2, 0) is 4.79 Å².